The van der Waals surface area contributed by atoms with Crippen molar-refractivity contribution in [3.63, 3.8) is 0 Å². The van der Waals surface area contributed by atoms with Crippen molar-refractivity contribution in [1.82, 2.24) is 10.6 Å². The normalized spacial score (nSPS) is 20.6. The molecule has 4 rings (SSSR count). The number of amides is 2. The van der Waals surface area contributed by atoms with Gasteiger partial charge in [0.25, 0.3) is 0 Å². The Morgan fingerprint density at radius 2 is 1.68 bits per heavy atom. The number of alkyl carbamates (subject to hydrolysis) is 1. The Morgan fingerprint density at radius 1 is 1.06 bits per heavy atom. The smallest absolute Gasteiger partial charge is 0.407 e. The molecule has 2 amide bonds. The highest BCUT2D eigenvalue weighted by molar-refractivity contribution is 5.86. The van der Waals surface area contributed by atoms with Gasteiger partial charge in [0.2, 0.25) is 5.91 Å². The van der Waals surface area contributed by atoms with Gasteiger partial charge < -0.3 is 30.0 Å². The van der Waals surface area contributed by atoms with Gasteiger partial charge in [0, 0.05) is 13.0 Å². The number of fused-ring (bicyclic) bond motifs is 3. The van der Waals surface area contributed by atoms with E-state index in [1.54, 1.807) is 6.92 Å². The SMILES string of the molecule is CO[C@H](C)[C@H](NC(=O)C1COCC1NC(=O)OCC1c2ccccc2-c2ccccc21)C(=O)O. The van der Waals surface area contributed by atoms with Crippen LogP contribution in [0.1, 0.15) is 24.0 Å². The van der Waals surface area contributed by atoms with E-state index in [0.29, 0.717) is 0 Å². The summed E-state index contributed by atoms with van der Waals surface area (Å²) in [4.78, 5) is 36.8. The largest absolute Gasteiger partial charge is 0.480 e. The Bertz CT molecular complexity index is 1030. The summed E-state index contributed by atoms with van der Waals surface area (Å²) in [5.74, 6) is -2.56. The molecule has 1 aliphatic heterocycles. The molecule has 4 atom stereocenters. The third-order valence-corrected chi connectivity index (χ3v) is 6.47. The predicted octanol–water partition coefficient (Wildman–Crippen LogP) is 2.14. The molecule has 34 heavy (non-hydrogen) atoms. The molecule has 2 unspecified atom stereocenters. The third kappa shape index (κ3) is 4.76. The second kappa shape index (κ2) is 10.2. The molecule has 1 fully saturated rings. The van der Waals surface area contributed by atoms with Crippen LogP contribution in [0.15, 0.2) is 48.5 Å². The molecule has 2 aliphatic rings. The van der Waals surface area contributed by atoms with E-state index in [0.717, 1.165) is 22.3 Å². The van der Waals surface area contributed by atoms with Crippen molar-refractivity contribution in [3.05, 3.63) is 59.7 Å². The molecule has 180 valence electrons. The number of methoxy groups -OCH3 is 1. The van der Waals surface area contributed by atoms with E-state index in [4.69, 9.17) is 14.2 Å². The van der Waals surface area contributed by atoms with Crippen LogP contribution < -0.4 is 10.6 Å². The lowest BCUT2D eigenvalue weighted by Crippen LogP contribution is -2.53. The molecular formula is C25H28N2O7. The van der Waals surface area contributed by atoms with Crippen LogP contribution in [0.25, 0.3) is 11.1 Å². The lowest BCUT2D eigenvalue weighted by Gasteiger charge is -2.24. The molecule has 2 aromatic rings. The first-order chi connectivity index (χ1) is 16.4. The van der Waals surface area contributed by atoms with Crippen LogP contribution in [0.3, 0.4) is 0 Å². The minimum Gasteiger partial charge on any atom is -0.480 e. The highest BCUT2D eigenvalue weighted by Gasteiger charge is 2.38. The number of nitrogens with one attached hydrogen (secondary N) is 2. The molecule has 0 aromatic heterocycles. The fourth-order valence-corrected chi connectivity index (χ4v) is 4.52. The highest BCUT2D eigenvalue weighted by atomic mass is 16.5. The number of carboxylic acid groups (broad SMARTS) is 1. The van der Waals surface area contributed by atoms with Gasteiger partial charge in [-0.25, -0.2) is 9.59 Å². The maximum absolute atomic E-state index is 12.7. The van der Waals surface area contributed by atoms with E-state index >= 15 is 0 Å². The van der Waals surface area contributed by atoms with Crippen molar-refractivity contribution < 1.29 is 33.7 Å². The Labute approximate surface area is 197 Å². The van der Waals surface area contributed by atoms with E-state index in [1.165, 1.54) is 7.11 Å². The average Bonchev–Trinajstić information content (AvgIpc) is 3.43. The van der Waals surface area contributed by atoms with Gasteiger partial charge in [-0.05, 0) is 29.2 Å². The Morgan fingerprint density at radius 3 is 2.26 bits per heavy atom. The first-order valence-electron chi connectivity index (χ1n) is 11.2. The first kappa shape index (κ1) is 23.7. The minimum absolute atomic E-state index is 0.0634. The fraction of sp³-hybridized carbons (Fsp3) is 0.400. The van der Waals surface area contributed by atoms with Crippen molar-refractivity contribution in [3.8, 4) is 11.1 Å². The standard InChI is InChI=1S/C25H28N2O7/c1-14(32-2)22(24(29)30)27-23(28)20-11-33-13-21(20)26-25(31)34-12-19-17-9-5-3-7-15(17)16-8-4-6-10-18(16)19/h3-10,14,19-22H,11-13H2,1-2H3,(H,26,31)(H,27,28)(H,29,30)/t14-,20?,21?,22+/m1/s1. The van der Waals surface area contributed by atoms with Crippen LogP contribution in [0.5, 0.6) is 0 Å². The third-order valence-electron chi connectivity index (χ3n) is 6.47. The second-order valence-corrected chi connectivity index (χ2v) is 8.49. The van der Waals surface area contributed by atoms with Crippen LogP contribution >= 0.6 is 0 Å². The monoisotopic (exact) mass is 468 g/mol. The molecule has 1 heterocycles. The van der Waals surface area contributed by atoms with Gasteiger partial charge in [-0.2, -0.15) is 0 Å². The van der Waals surface area contributed by atoms with Gasteiger partial charge in [-0.15, -0.1) is 0 Å². The summed E-state index contributed by atoms with van der Waals surface area (Å²) < 4.78 is 16.0. The number of aliphatic carboxylic acids is 1. The Balaban J connectivity index is 1.37. The maximum Gasteiger partial charge on any atom is 0.407 e. The van der Waals surface area contributed by atoms with Crippen molar-refractivity contribution in [2.45, 2.75) is 31.0 Å². The van der Waals surface area contributed by atoms with Crippen LogP contribution in [-0.2, 0) is 23.8 Å². The second-order valence-electron chi connectivity index (χ2n) is 8.49. The average molecular weight is 469 g/mol. The summed E-state index contributed by atoms with van der Waals surface area (Å²) in [7, 11) is 1.37. The molecular weight excluding hydrogens is 440 g/mol. The van der Waals surface area contributed by atoms with Gasteiger partial charge in [-0.3, -0.25) is 4.79 Å². The zero-order chi connectivity index (χ0) is 24.2. The summed E-state index contributed by atoms with van der Waals surface area (Å²) in [6, 6.07) is 14.2. The van der Waals surface area contributed by atoms with Gasteiger partial charge >= 0.3 is 12.1 Å². The van der Waals surface area contributed by atoms with Gasteiger partial charge in [0.1, 0.15) is 6.61 Å². The summed E-state index contributed by atoms with van der Waals surface area (Å²) in [6.07, 6.45) is -1.38. The number of hydrogen-bond donors (Lipinski definition) is 3. The van der Waals surface area contributed by atoms with Gasteiger partial charge in [0.15, 0.2) is 6.04 Å². The van der Waals surface area contributed by atoms with E-state index in [-0.39, 0.29) is 25.7 Å². The summed E-state index contributed by atoms with van der Waals surface area (Å²) in [5, 5.41) is 14.6. The fourth-order valence-electron chi connectivity index (χ4n) is 4.52. The van der Waals surface area contributed by atoms with E-state index in [1.807, 2.05) is 36.4 Å². The Hall–Kier alpha value is -3.43. The number of carbonyl (C=O) groups is 3. The molecule has 9 nitrogen and oxygen atoms in total. The van der Waals surface area contributed by atoms with Crippen molar-refractivity contribution >= 4 is 18.0 Å². The number of carboxylic acids is 1. The minimum atomic E-state index is -1.21. The number of benzene rings is 2. The molecule has 0 spiro atoms. The molecule has 2 aromatic carbocycles. The lowest BCUT2D eigenvalue weighted by molar-refractivity contribution is -0.146. The van der Waals surface area contributed by atoms with Crippen molar-refractivity contribution in [2.24, 2.45) is 5.92 Å². The molecule has 0 radical (unpaired) electrons. The summed E-state index contributed by atoms with van der Waals surface area (Å²) >= 11 is 0. The van der Waals surface area contributed by atoms with Crippen LogP contribution in [0.2, 0.25) is 0 Å². The van der Waals surface area contributed by atoms with Gasteiger partial charge in [-0.1, -0.05) is 48.5 Å². The Kier molecular flexibility index (Phi) is 7.14. The molecule has 0 bridgehead atoms. The highest BCUT2D eigenvalue weighted by Crippen LogP contribution is 2.44. The summed E-state index contributed by atoms with van der Waals surface area (Å²) in [5.41, 5.74) is 4.47. The van der Waals surface area contributed by atoms with E-state index in [2.05, 4.69) is 22.8 Å². The van der Waals surface area contributed by atoms with Crippen molar-refractivity contribution in [1.29, 1.82) is 0 Å². The molecule has 0 saturated carbocycles. The summed E-state index contributed by atoms with van der Waals surface area (Å²) in [6.45, 7) is 1.89. The predicted molar refractivity (Wildman–Crippen MR) is 122 cm³/mol. The lowest BCUT2D eigenvalue weighted by atomic mass is 9.98. The van der Waals surface area contributed by atoms with E-state index in [9.17, 15) is 19.5 Å². The number of carbonyl (C=O) groups excluding carboxylic acids is 2. The van der Waals surface area contributed by atoms with Crippen LogP contribution in [0.4, 0.5) is 4.79 Å². The molecule has 3 N–H and O–H groups in total. The topological polar surface area (TPSA) is 123 Å². The number of rotatable bonds is 8. The van der Waals surface area contributed by atoms with Crippen LogP contribution in [0, 0.1) is 5.92 Å². The number of hydrogen-bond acceptors (Lipinski definition) is 6. The van der Waals surface area contributed by atoms with E-state index < -0.39 is 42.1 Å². The van der Waals surface area contributed by atoms with Gasteiger partial charge in [0.05, 0.1) is 31.3 Å². The zero-order valence-electron chi connectivity index (χ0n) is 19.0. The molecule has 1 aliphatic carbocycles. The number of ether oxygens (including phenoxy) is 3. The van der Waals surface area contributed by atoms with Crippen LogP contribution in [-0.4, -0.2) is 68.2 Å². The quantitative estimate of drug-likeness (QED) is 0.542. The maximum atomic E-state index is 12.7. The zero-order valence-corrected chi connectivity index (χ0v) is 19.0. The molecule has 9 heteroatoms. The molecule has 1 saturated heterocycles. The first-order valence-corrected chi connectivity index (χ1v) is 11.2. The van der Waals surface area contributed by atoms with Crippen molar-refractivity contribution in [2.75, 3.05) is 26.9 Å².